The third-order valence-corrected chi connectivity index (χ3v) is 6.30. The summed E-state index contributed by atoms with van der Waals surface area (Å²) in [6, 6.07) is 24.8. The first-order chi connectivity index (χ1) is 14.6. The number of imidazole rings is 1. The number of fused-ring (bicyclic) bond motifs is 1. The van der Waals surface area contributed by atoms with E-state index in [-0.39, 0.29) is 11.8 Å². The minimum absolute atomic E-state index is 0.0710. The Morgan fingerprint density at radius 1 is 1.00 bits per heavy atom. The van der Waals surface area contributed by atoms with Crippen LogP contribution in [0.5, 0.6) is 0 Å². The monoisotopic (exact) mass is 459 g/mol. The van der Waals surface area contributed by atoms with Crippen molar-refractivity contribution in [1.29, 1.82) is 0 Å². The Kier molecular flexibility index (Phi) is 4.91. The third kappa shape index (κ3) is 3.54. The molecule has 0 spiro atoms. The minimum atomic E-state index is 0.0710. The van der Waals surface area contributed by atoms with E-state index in [1.54, 1.807) is 0 Å². The zero-order valence-corrected chi connectivity index (χ0v) is 18.3. The van der Waals surface area contributed by atoms with E-state index in [0.29, 0.717) is 13.0 Å². The van der Waals surface area contributed by atoms with Gasteiger partial charge in [-0.1, -0.05) is 57.9 Å². The van der Waals surface area contributed by atoms with Crippen molar-refractivity contribution in [2.24, 2.45) is 0 Å². The molecule has 0 bridgehead atoms. The van der Waals surface area contributed by atoms with E-state index in [9.17, 15) is 4.79 Å². The van der Waals surface area contributed by atoms with Crippen molar-refractivity contribution in [1.82, 2.24) is 9.55 Å². The van der Waals surface area contributed by atoms with Crippen LogP contribution in [0.2, 0.25) is 0 Å². The summed E-state index contributed by atoms with van der Waals surface area (Å²) in [5, 5.41) is 0. The first-order valence-electron chi connectivity index (χ1n) is 10.1. The average molecular weight is 460 g/mol. The molecule has 4 nitrogen and oxygen atoms in total. The van der Waals surface area contributed by atoms with E-state index in [1.807, 2.05) is 35.2 Å². The highest BCUT2D eigenvalue weighted by molar-refractivity contribution is 9.10. The molecule has 1 amide bonds. The van der Waals surface area contributed by atoms with Crippen LogP contribution in [-0.2, 0) is 11.3 Å². The Hall–Kier alpha value is -2.92. The minimum Gasteiger partial charge on any atom is -0.323 e. The lowest BCUT2D eigenvalue weighted by atomic mass is 10.1. The van der Waals surface area contributed by atoms with Gasteiger partial charge >= 0.3 is 0 Å². The Labute approximate surface area is 184 Å². The van der Waals surface area contributed by atoms with Gasteiger partial charge < -0.3 is 9.47 Å². The molecule has 1 aliphatic heterocycles. The lowest BCUT2D eigenvalue weighted by Gasteiger charge is -2.18. The Morgan fingerprint density at radius 3 is 2.50 bits per heavy atom. The summed E-state index contributed by atoms with van der Waals surface area (Å²) < 4.78 is 3.34. The number of hydrogen-bond acceptors (Lipinski definition) is 2. The van der Waals surface area contributed by atoms with Crippen LogP contribution in [-0.4, -0.2) is 22.0 Å². The van der Waals surface area contributed by atoms with Crippen molar-refractivity contribution in [3.8, 4) is 0 Å². The number of aromatic nitrogens is 2. The highest BCUT2D eigenvalue weighted by Gasteiger charge is 2.34. The van der Waals surface area contributed by atoms with Gasteiger partial charge in [-0.15, -0.1) is 0 Å². The molecule has 0 aliphatic carbocycles. The van der Waals surface area contributed by atoms with Crippen LogP contribution in [0.1, 0.15) is 29.3 Å². The Morgan fingerprint density at radius 2 is 1.73 bits per heavy atom. The molecule has 5 heteroatoms. The molecule has 2 heterocycles. The number of hydrogen-bond donors (Lipinski definition) is 0. The molecule has 0 radical (unpaired) electrons. The zero-order chi connectivity index (χ0) is 20.7. The smallest absolute Gasteiger partial charge is 0.227 e. The summed E-state index contributed by atoms with van der Waals surface area (Å²) in [6.07, 6.45) is 0.484. The van der Waals surface area contributed by atoms with E-state index < -0.39 is 0 Å². The molecule has 0 unspecified atom stereocenters. The Balaban J connectivity index is 1.51. The molecule has 1 fully saturated rings. The normalized spacial score (nSPS) is 16.5. The van der Waals surface area contributed by atoms with E-state index in [2.05, 4.69) is 69.9 Å². The predicted octanol–water partition coefficient (Wildman–Crippen LogP) is 5.68. The molecule has 1 atom stereocenters. The van der Waals surface area contributed by atoms with Crippen molar-refractivity contribution in [2.75, 3.05) is 11.4 Å². The van der Waals surface area contributed by atoms with Gasteiger partial charge in [0.15, 0.2) is 0 Å². The van der Waals surface area contributed by atoms with Crippen LogP contribution < -0.4 is 4.90 Å². The summed E-state index contributed by atoms with van der Waals surface area (Å²) in [5.74, 6) is 1.22. The second-order valence-electron chi connectivity index (χ2n) is 7.91. The SMILES string of the molecule is Cc1ccc(N2C[C@H](c3nc4ccccc4n3Cc3ccc(Br)cc3)CC2=O)cc1. The summed E-state index contributed by atoms with van der Waals surface area (Å²) >= 11 is 3.51. The highest BCUT2D eigenvalue weighted by atomic mass is 79.9. The quantitative estimate of drug-likeness (QED) is 0.393. The maximum absolute atomic E-state index is 12.8. The molecular formula is C25H22BrN3O. The molecule has 150 valence electrons. The molecule has 4 aromatic rings. The van der Waals surface area contributed by atoms with Crippen LogP contribution in [0.4, 0.5) is 5.69 Å². The second-order valence-corrected chi connectivity index (χ2v) is 8.83. The standard InChI is InChI=1S/C25H22BrN3O/c1-17-6-12-21(13-7-17)28-16-19(14-24(28)30)25-27-22-4-2-3-5-23(22)29(25)15-18-8-10-20(26)11-9-18/h2-13,19H,14-16H2,1H3/t19-/m1/s1. The van der Waals surface area contributed by atoms with Gasteiger partial charge in [0, 0.05) is 35.6 Å². The Bertz CT molecular complexity index is 1210. The van der Waals surface area contributed by atoms with E-state index in [4.69, 9.17) is 4.98 Å². The van der Waals surface area contributed by atoms with Crippen molar-refractivity contribution < 1.29 is 4.79 Å². The van der Waals surface area contributed by atoms with Crippen LogP contribution in [0.25, 0.3) is 11.0 Å². The maximum atomic E-state index is 12.8. The molecule has 30 heavy (non-hydrogen) atoms. The molecule has 3 aromatic carbocycles. The highest BCUT2D eigenvalue weighted by Crippen LogP contribution is 2.33. The summed E-state index contributed by atoms with van der Waals surface area (Å²) in [7, 11) is 0. The molecule has 1 aromatic heterocycles. The summed E-state index contributed by atoms with van der Waals surface area (Å²) in [5.41, 5.74) is 5.45. The fourth-order valence-electron chi connectivity index (χ4n) is 4.20. The number of amides is 1. The van der Waals surface area contributed by atoms with Gasteiger partial charge in [-0.25, -0.2) is 4.98 Å². The van der Waals surface area contributed by atoms with Gasteiger partial charge in [-0.3, -0.25) is 4.79 Å². The van der Waals surface area contributed by atoms with Crippen LogP contribution in [0.3, 0.4) is 0 Å². The third-order valence-electron chi connectivity index (χ3n) is 5.77. The fraction of sp³-hybridized carbons (Fsp3) is 0.200. The molecule has 1 aliphatic rings. The number of rotatable bonds is 4. The lowest BCUT2D eigenvalue weighted by Crippen LogP contribution is -2.24. The summed E-state index contributed by atoms with van der Waals surface area (Å²) in [6.45, 7) is 3.45. The van der Waals surface area contributed by atoms with Crippen molar-refractivity contribution in [2.45, 2.75) is 25.8 Å². The number of halogens is 1. The van der Waals surface area contributed by atoms with E-state index in [1.165, 1.54) is 11.1 Å². The lowest BCUT2D eigenvalue weighted by molar-refractivity contribution is -0.117. The van der Waals surface area contributed by atoms with Gasteiger partial charge in [-0.2, -0.15) is 0 Å². The van der Waals surface area contributed by atoms with E-state index in [0.717, 1.165) is 33.6 Å². The topological polar surface area (TPSA) is 38.1 Å². The molecule has 0 N–H and O–H groups in total. The molecule has 0 saturated carbocycles. The zero-order valence-electron chi connectivity index (χ0n) is 16.8. The van der Waals surface area contributed by atoms with Crippen molar-refractivity contribution in [3.63, 3.8) is 0 Å². The number of para-hydroxylation sites is 2. The second kappa shape index (κ2) is 7.73. The number of carbonyl (C=O) groups is 1. The number of carbonyl (C=O) groups excluding carboxylic acids is 1. The first-order valence-corrected chi connectivity index (χ1v) is 10.9. The fourth-order valence-corrected chi connectivity index (χ4v) is 4.46. The molecule has 1 saturated heterocycles. The number of nitrogens with zero attached hydrogens (tertiary/aromatic N) is 3. The predicted molar refractivity (Wildman–Crippen MR) is 124 cm³/mol. The largest absolute Gasteiger partial charge is 0.323 e. The van der Waals surface area contributed by atoms with Gasteiger partial charge in [0.05, 0.1) is 11.0 Å². The number of aryl methyl sites for hydroxylation is 1. The van der Waals surface area contributed by atoms with Gasteiger partial charge in [-0.05, 0) is 48.9 Å². The van der Waals surface area contributed by atoms with Crippen molar-refractivity contribution >= 4 is 38.6 Å². The van der Waals surface area contributed by atoms with Gasteiger partial charge in [0.2, 0.25) is 5.91 Å². The van der Waals surface area contributed by atoms with Gasteiger partial charge in [0.1, 0.15) is 5.82 Å². The first kappa shape index (κ1) is 19.1. The van der Waals surface area contributed by atoms with Crippen LogP contribution >= 0.6 is 15.9 Å². The molecular weight excluding hydrogens is 438 g/mol. The number of anilines is 1. The summed E-state index contributed by atoms with van der Waals surface area (Å²) in [4.78, 5) is 19.7. The van der Waals surface area contributed by atoms with E-state index >= 15 is 0 Å². The number of benzene rings is 3. The average Bonchev–Trinajstić information content (AvgIpc) is 3.31. The van der Waals surface area contributed by atoms with Crippen molar-refractivity contribution in [3.05, 3.63) is 94.2 Å². The maximum Gasteiger partial charge on any atom is 0.227 e. The van der Waals surface area contributed by atoms with Gasteiger partial charge in [0.25, 0.3) is 0 Å². The van der Waals surface area contributed by atoms with Crippen LogP contribution in [0.15, 0.2) is 77.3 Å². The molecule has 5 rings (SSSR count). The van der Waals surface area contributed by atoms with Crippen LogP contribution in [0, 0.1) is 6.92 Å².